The fourth-order valence-corrected chi connectivity index (χ4v) is 2.71. The average Bonchev–Trinajstić information content (AvgIpc) is 3.17. The zero-order valence-electron chi connectivity index (χ0n) is 16.1. The van der Waals surface area contributed by atoms with E-state index in [4.69, 9.17) is 26.0 Å². The molecule has 2 aromatic carbocycles. The van der Waals surface area contributed by atoms with Gasteiger partial charge in [0.25, 0.3) is 0 Å². The molecule has 3 aromatic rings. The van der Waals surface area contributed by atoms with Crippen LogP contribution in [0.1, 0.15) is 17.0 Å². The van der Waals surface area contributed by atoms with Crippen LogP contribution >= 0.6 is 11.6 Å². The SMILES string of the molecule is CO/N=C(/CON=C(c1ccccc1)c1nnnn1C)c1ccc(Cl)c(OC)c1. The zero-order valence-corrected chi connectivity index (χ0v) is 16.9. The Kier molecular flexibility index (Phi) is 6.75. The molecule has 1 aromatic heterocycles. The lowest BCUT2D eigenvalue weighted by molar-refractivity contribution is 0.173. The van der Waals surface area contributed by atoms with Crippen LogP contribution in [0.2, 0.25) is 5.02 Å². The highest BCUT2D eigenvalue weighted by molar-refractivity contribution is 6.32. The van der Waals surface area contributed by atoms with Crippen molar-refractivity contribution in [2.75, 3.05) is 20.8 Å². The predicted molar refractivity (Wildman–Crippen MR) is 108 cm³/mol. The molecule has 1 heterocycles. The first-order chi connectivity index (χ1) is 14.1. The highest BCUT2D eigenvalue weighted by Gasteiger charge is 2.15. The molecule has 0 unspecified atom stereocenters. The molecule has 0 bridgehead atoms. The van der Waals surface area contributed by atoms with Crippen molar-refractivity contribution in [3.8, 4) is 5.75 Å². The van der Waals surface area contributed by atoms with Gasteiger partial charge in [-0.15, -0.1) is 5.10 Å². The summed E-state index contributed by atoms with van der Waals surface area (Å²) in [6.45, 7) is 0.0419. The molecule has 0 spiro atoms. The fraction of sp³-hybridized carbons (Fsp3) is 0.211. The van der Waals surface area contributed by atoms with E-state index in [1.807, 2.05) is 30.3 Å². The van der Waals surface area contributed by atoms with Crippen LogP contribution in [0.15, 0.2) is 58.8 Å². The van der Waals surface area contributed by atoms with Crippen LogP contribution in [0.4, 0.5) is 0 Å². The van der Waals surface area contributed by atoms with Gasteiger partial charge in [-0.3, -0.25) is 0 Å². The number of hydrogen-bond acceptors (Lipinski definition) is 8. The second-order valence-corrected chi connectivity index (χ2v) is 6.18. The third-order valence-corrected chi connectivity index (χ3v) is 4.23. The maximum atomic E-state index is 6.09. The molecule has 29 heavy (non-hydrogen) atoms. The van der Waals surface area contributed by atoms with E-state index < -0.39 is 0 Å². The number of rotatable bonds is 8. The number of aryl methyl sites for hydroxylation is 1. The van der Waals surface area contributed by atoms with Crippen molar-refractivity contribution in [3.63, 3.8) is 0 Å². The highest BCUT2D eigenvalue weighted by atomic mass is 35.5. The first-order valence-corrected chi connectivity index (χ1v) is 8.94. The van der Waals surface area contributed by atoms with E-state index >= 15 is 0 Å². The van der Waals surface area contributed by atoms with Crippen molar-refractivity contribution in [2.45, 2.75) is 0 Å². The Morgan fingerprint density at radius 1 is 1.07 bits per heavy atom. The molecular formula is C19H19ClN6O3. The Labute approximate surface area is 172 Å². The van der Waals surface area contributed by atoms with Gasteiger partial charge in [0, 0.05) is 18.2 Å². The minimum atomic E-state index is 0.0419. The molecule has 150 valence electrons. The lowest BCUT2D eigenvalue weighted by Gasteiger charge is -2.09. The monoisotopic (exact) mass is 414 g/mol. The van der Waals surface area contributed by atoms with Gasteiger partial charge >= 0.3 is 0 Å². The summed E-state index contributed by atoms with van der Waals surface area (Å²) in [7, 11) is 4.72. The molecule has 0 aliphatic heterocycles. The standard InChI is InChI=1S/C19H19ClN6O3/c1-26-19(21-24-25-26)18(13-7-5-4-6-8-13)23-29-12-16(22-28-3)14-9-10-15(20)17(11-14)27-2/h4-11H,12H2,1-3H3/b22-16-,23-18?. The Hall–Kier alpha value is -3.46. The predicted octanol–water partition coefficient (Wildman–Crippen LogP) is 2.69. The third kappa shape index (κ3) is 4.88. The number of benzene rings is 2. The summed E-state index contributed by atoms with van der Waals surface area (Å²) in [4.78, 5) is 10.5. The largest absolute Gasteiger partial charge is 0.495 e. The van der Waals surface area contributed by atoms with Gasteiger partial charge in [0.15, 0.2) is 12.3 Å². The van der Waals surface area contributed by atoms with Crippen LogP contribution in [0, 0.1) is 0 Å². The van der Waals surface area contributed by atoms with Gasteiger partial charge in [0.2, 0.25) is 5.82 Å². The number of methoxy groups -OCH3 is 1. The van der Waals surface area contributed by atoms with Crippen LogP contribution in [0.3, 0.4) is 0 Å². The number of ether oxygens (including phenoxy) is 1. The molecule has 0 amide bonds. The van der Waals surface area contributed by atoms with E-state index in [0.717, 1.165) is 11.1 Å². The van der Waals surface area contributed by atoms with Gasteiger partial charge in [-0.2, -0.15) is 0 Å². The van der Waals surface area contributed by atoms with Gasteiger partial charge in [-0.25, -0.2) is 4.68 Å². The van der Waals surface area contributed by atoms with Gasteiger partial charge in [0.1, 0.15) is 18.6 Å². The van der Waals surface area contributed by atoms with Crippen molar-refractivity contribution in [1.29, 1.82) is 0 Å². The van der Waals surface area contributed by atoms with Gasteiger partial charge in [-0.05, 0) is 22.6 Å². The number of oxime groups is 2. The van der Waals surface area contributed by atoms with Crippen LogP contribution in [0.25, 0.3) is 0 Å². The zero-order chi connectivity index (χ0) is 20.6. The summed E-state index contributed by atoms with van der Waals surface area (Å²) in [5.74, 6) is 0.987. The summed E-state index contributed by atoms with van der Waals surface area (Å²) in [5, 5.41) is 20.3. The number of halogens is 1. The smallest absolute Gasteiger partial charge is 0.204 e. The van der Waals surface area contributed by atoms with Gasteiger partial charge in [-0.1, -0.05) is 58.3 Å². The summed E-state index contributed by atoms with van der Waals surface area (Å²) in [5.41, 5.74) is 2.53. The minimum Gasteiger partial charge on any atom is -0.495 e. The van der Waals surface area contributed by atoms with E-state index in [9.17, 15) is 0 Å². The molecule has 3 rings (SSSR count). The Morgan fingerprint density at radius 2 is 1.86 bits per heavy atom. The number of aromatic nitrogens is 4. The van der Waals surface area contributed by atoms with Crippen LogP contribution in [-0.4, -0.2) is 52.5 Å². The van der Waals surface area contributed by atoms with Gasteiger partial charge in [0.05, 0.1) is 12.1 Å². The van der Waals surface area contributed by atoms with E-state index in [0.29, 0.717) is 28.0 Å². The normalized spacial score (nSPS) is 12.0. The summed E-state index contributed by atoms with van der Waals surface area (Å²) < 4.78 is 6.77. The van der Waals surface area contributed by atoms with Crippen LogP contribution < -0.4 is 4.74 Å². The van der Waals surface area contributed by atoms with Crippen LogP contribution in [0.5, 0.6) is 5.75 Å². The maximum absolute atomic E-state index is 6.09. The molecule has 0 aliphatic rings. The molecule has 10 heteroatoms. The second kappa shape index (κ2) is 9.65. The van der Waals surface area contributed by atoms with Crippen molar-refractivity contribution >= 4 is 23.0 Å². The molecule has 0 atom stereocenters. The summed E-state index contributed by atoms with van der Waals surface area (Å²) in [6, 6.07) is 14.7. The maximum Gasteiger partial charge on any atom is 0.204 e. The fourth-order valence-electron chi connectivity index (χ4n) is 2.52. The molecule has 0 aliphatic carbocycles. The number of hydrogen-bond donors (Lipinski definition) is 0. The van der Waals surface area contributed by atoms with Crippen molar-refractivity contribution < 1.29 is 14.4 Å². The number of tetrazole rings is 1. The van der Waals surface area contributed by atoms with Crippen molar-refractivity contribution in [3.05, 3.63) is 70.5 Å². The molecule has 0 radical (unpaired) electrons. The van der Waals surface area contributed by atoms with E-state index in [-0.39, 0.29) is 6.61 Å². The van der Waals surface area contributed by atoms with E-state index in [2.05, 4.69) is 25.8 Å². The van der Waals surface area contributed by atoms with Gasteiger partial charge < -0.3 is 14.4 Å². The minimum absolute atomic E-state index is 0.0419. The first-order valence-electron chi connectivity index (χ1n) is 8.56. The summed E-state index contributed by atoms with van der Waals surface area (Å²) >= 11 is 6.09. The molecular weight excluding hydrogens is 396 g/mol. The molecule has 0 N–H and O–H groups in total. The third-order valence-electron chi connectivity index (χ3n) is 3.92. The quantitative estimate of drug-likeness (QED) is 0.415. The Bertz CT molecular complexity index is 1020. The molecule has 0 saturated carbocycles. The highest BCUT2D eigenvalue weighted by Crippen LogP contribution is 2.25. The first kappa shape index (κ1) is 20.3. The van der Waals surface area contributed by atoms with Crippen molar-refractivity contribution in [1.82, 2.24) is 20.2 Å². The van der Waals surface area contributed by atoms with E-state index in [1.165, 1.54) is 11.8 Å². The molecule has 0 fully saturated rings. The van der Waals surface area contributed by atoms with Crippen molar-refractivity contribution in [2.24, 2.45) is 17.4 Å². The average molecular weight is 415 g/mol. The second-order valence-electron chi connectivity index (χ2n) is 5.78. The Morgan fingerprint density at radius 3 is 2.52 bits per heavy atom. The summed E-state index contributed by atoms with van der Waals surface area (Å²) in [6.07, 6.45) is 0. The molecule has 9 nitrogen and oxygen atoms in total. The van der Waals surface area contributed by atoms with Crippen LogP contribution in [-0.2, 0) is 16.7 Å². The topological polar surface area (TPSA) is 96.0 Å². The van der Waals surface area contributed by atoms with E-state index in [1.54, 1.807) is 32.4 Å². The molecule has 0 saturated heterocycles. The lowest BCUT2D eigenvalue weighted by atomic mass is 10.1. The number of nitrogens with zero attached hydrogens (tertiary/aromatic N) is 6. The Balaban J connectivity index is 1.87. The lowest BCUT2D eigenvalue weighted by Crippen LogP contribution is -2.14.